The van der Waals surface area contributed by atoms with Crippen LogP contribution in [0.4, 0.5) is 0 Å². The summed E-state index contributed by atoms with van der Waals surface area (Å²) in [6.07, 6.45) is 0.122. The molecule has 1 unspecified atom stereocenters. The van der Waals surface area contributed by atoms with E-state index in [9.17, 15) is 14.7 Å². The van der Waals surface area contributed by atoms with Crippen LogP contribution in [-0.2, 0) is 4.79 Å². The molecule has 0 aliphatic rings. The van der Waals surface area contributed by atoms with Crippen LogP contribution in [0.5, 0.6) is 5.75 Å². The minimum Gasteiger partial charge on any atom is -0.507 e. The molecule has 0 radical (unpaired) electrons. The van der Waals surface area contributed by atoms with Gasteiger partial charge in [-0.2, -0.15) is 0 Å². The molecule has 0 fully saturated rings. The number of carbonyl (C=O) groups excluding carboxylic acids is 1. The highest BCUT2D eigenvalue weighted by molar-refractivity contribution is 14.1. The monoisotopic (exact) mass is 434 g/mol. The van der Waals surface area contributed by atoms with E-state index in [1.54, 1.807) is 24.3 Å². The Labute approximate surface area is 152 Å². The molecule has 0 amide bonds. The van der Waals surface area contributed by atoms with Crippen molar-refractivity contribution in [3.63, 3.8) is 0 Å². The zero-order valence-corrected chi connectivity index (χ0v) is 15.1. The first-order valence-electron chi connectivity index (χ1n) is 7.47. The van der Waals surface area contributed by atoms with Crippen LogP contribution in [0, 0.1) is 3.57 Å². The van der Waals surface area contributed by atoms with Gasteiger partial charge < -0.3 is 9.52 Å². The molecule has 1 N–H and O–H groups in total. The maximum Gasteiger partial charge on any atom is 0.343 e. The molecule has 3 rings (SSSR count). The van der Waals surface area contributed by atoms with Gasteiger partial charge in [0.1, 0.15) is 17.1 Å². The molecule has 1 atom stereocenters. The third-order valence-corrected chi connectivity index (χ3v) is 4.58. The largest absolute Gasteiger partial charge is 0.507 e. The number of aromatic hydroxyl groups is 1. The van der Waals surface area contributed by atoms with Crippen LogP contribution in [0.1, 0.15) is 30.4 Å². The second kappa shape index (κ2) is 6.76. The molecule has 0 spiro atoms. The SMILES string of the molecule is CC(=O)CC(c1cccc(I)c1)c1c(O)c2ccccc2oc1=O. The summed E-state index contributed by atoms with van der Waals surface area (Å²) in [5, 5.41) is 11.1. The van der Waals surface area contributed by atoms with E-state index in [-0.39, 0.29) is 23.5 Å². The zero-order valence-electron chi connectivity index (χ0n) is 13.0. The number of carbonyl (C=O) groups is 1. The molecule has 1 aromatic heterocycles. The predicted octanol–water partition coefficient (Wildman–Crippen LogP) is 4.21. The van der Waals surface area contributed by atoms with Gasteiger partial charge in [-0.15, -0.1) is 0 Å². The number of benzene rings is 2. The Balaban J connectivity index is 2.27. The minimum atomic E-state index is -0.615. The minimum absolute atomic E-state index is 0.0641. The topological polar surface area (TPSA) is 67.5 Å². The van der Waals surface area contributed by atoms with Gasteiger partial charge >= 0.3 is 5.63 Å². The third kappa shape index (κ3) is 3.21. The Morgan fingerprint density at radius 2 is 1.96 bits per heavy atom. The lowest BCUT2D eigenvalue weighted by Crippen LogP contribution is -2.16. The van der Waals surface area contributed by atoms with E-state index in [2.05, 4.69) is 22.6 Å². The van der Waals surface area contributed by atoms with E-state index >= 15 is 0 Å². The molecule has 0 bridgehead atoms. The fourth-order valence-corrected chi connectivity index (χ4v) is 3.42. The lowest BCUT2D eigenvalue weighted by molar-refractivity contribution is -0.117. The Kier molecular flexibility index (Phi) is 4.71. The first-order valence-corrected chi connectivity index (χ1v) is 8.55. The summed E-state index contributed by atoms with van der Waals surface area (Å²) in [4.78, 5) is 24.3. The van der Waals surface area contributed by atoms with E-state index < -0.39 is 11.5 Å². The van der Waals surface area contributed by atoms with Crippen molar-refractivity contribution in [2.24, 2.45) is 0 Å². The summed E-state index contributed by atoms with van der Waals surface area (Å²) in [6.45, 7) is 1.47. The molecule has 0 aliphatic heterocycles. The molecular weight excluding hydrogens is 419 g/mol. The number of fused-ring (bicyclic) bond motifs is 1. The lowest BCUT2D eigenvalue weighted by atomic mass is 9.87. The second-order valence-corrected chi connectivity index (χ2v) is 6.91. The molecular formula is C19H15IO4. The second-order valence-electron chi connectivity index (χ2n) is 5.66. The van der Waals surface area contributed by atoms with Crippen LogP contribution in [0.3, 0.4) is 0 Å². The van der Waals surface area contributed by atoms with Crippen LogP contribution in [0.25, 0.3) is 11.0 Å². The van der Waals surface area contributed by atoms with E-state index in [4.69, 9.17) is 4.42 Å². The maximum absolute atomic E-state index is 12.5. The lowest BCUT2D eigenvalue weighted by Gasteiger charge is -2.17. The van der Waals surface area contributed by atoms with Crippen molar-refractivity contribution in [1.29, 1.82) is 0 Å². The van der Waals surface area contributed by atoms with Crippen LogP contribution >= 0.6 is 22.6 Å². The van der Waals surface area contributed by atoms with Crippen LogP contribution in [-0.4, -0.2) is 10.9 Å². The molecule has 2 aromatic carbocycles. The van der Waals surface area contributed by atoms with E-state index in [1.165, 1.54) is 6.92 Å². The summed E-state index contributed by atoms with van der Waals surface area (Å²) < 4.78 is 6.35. The van der Waals surface area contributed by atoms with Crippen molar-refractivity contribution in [1.82, 2.24) is 0 Å². The molecule has 3 aromatic rings. The van der Waals surface area contributed by atoms with Gasteiger partial charge in [0.15, 0.2) is 0 Å². The number of rotatable bonds is 4. The van der Waals surface area contributed by atoms with Crippen LogP contribution < -0.4 is 5.63 Å². The van der Waals surface area contributed by atoms with Crippen molar-refractivity contribution in [3.05, 3.63) is 73.6 Å². The normalized spacial score (nSPS) is 12.2. The molecule has 0 aliphatic carbocycles. The quantitative estimate of drug-likeness (QED) is 0.494. The highest BCUT2D eigenvalue weighted by Crippen LogP contribution is 2.36. The van der Waals surface area contributed by atoms with Crippen molar-refractivity contribution in [3.8, 4) is 5.75 Å². The summed E-state index contributed by atoms with van der Waals surface area (Å²) in [5.74, 6) is -0.726. The smallest absolute Gasteiger partial charge is 0.343 e. The molecule has 0 saturated heterocycles. The number of halogens is 1. The molecule has 4 nitrogen and oxygen atoms in total. The van der Waals surface area contributed by atoms with Gasteiger partial charge in [-0.1, -0.05) is 24.3 Å². The molecule has 5 heteroatoms. The Morgan fingerprint density at radius 3 is 2.67 bits per heavy atom. The van der Waals surface area contributed by atoms with Crippen molar-refractivity contribution < 1.29 is 14.3 Å². The van der Waals surface area contributed by atoms with Gasteiger partial charge in [-0.05, 0) is 59.3 Å². The van der Waals surface area contributed by atoms with Crippen LogP contribution in [0.15, 0.2) is 57.7 Å². The number of hydrogen-bond acceptors (Lipinski definition) is 4. The van der Waals surface area contributed by atoms with Gasteiger partial charge in [0, 0.05) is 15.9 Å². The maximum atomic E-state index is 12.5. The van der Waals surface area contributed by atoms with E-state index in [0.29, 0.717) is 11.0 Å². The average molecular weight is 434 g/mol. The Hall–Kier alpha value is -2.15. The van der Waals surface area contributed by atoms with Gasteiger partial charge in [0.05, 0.1) is 10.9 Å². The van der Waals surface area contributed by atoms with Crippen molar-refractivity contribution in [2.75, 3.05) is 0 Å². The number of hydrogen-bond donors (Lipinski definition) is 1. The summed E-state index contributed by atoms with van der Waals surface area (Å²) >= 11 is 2.17. The predicted molar refractivity (Wildman–Crippen MR) is 100 cm³/mol. The first kappa shape index (κ1) is 16.7. The molecule has 122 valence electrons. The molecule has 0 saturated carbocycles. The van der Waals surface area contributed by atoms with Crippen molar-refractivity contribution >= 4 is 39.3 Å². The van der Waals surface area contributed by atoms with Gasteiger partial charge in [0.2, 0.25) is 0 Å². The van der Waals surface area contributed by atoms with E-state index in [0.717, 1.165) is 9.13 Å². The van der Waals surface area contributed by atoms with E-state index in [1.807, 2.05) is 24.3 Å². The number of Topliss-reactive ketones (excluding diaryl/α,β-unsaturated/α-hetero) is 1. The first-order chi connectivity index (χ1) is 11.5. The van der Waals surface area contributed by atoms with Crippen LogP contribution in [0.2, 0.25) is 0 Å². The highest BCUT2D eigenvalue weighted by atomic mass is 127. The summed E-state index contributed by atoms with van der Waals surface area (Å²) in [5.41, 5.74) is 0.644. The molecule has 1 heterocycles. The third-order valence-electron chi connectivity index (χ3n) is 3.91. The van der Waals surface area contributed by atoms with Gasteiger partial charge in [0.25, 0.3) is 0 Å². The fraction of sp³-hybridized carbons (Fsp3) is 0.158. The summed E-state index contributed by atoms with van der Waals surface area (Å²) in [6, 6.07) is 14.4. The van der Waals surface area contributed by atoms with Crippen molar-refractivity contribution in [2.45, 2.75) is 19.3 Å². The molecule has 24 heavy (non-hydrogen) atoms. The zero-order chi connectivity index (χ0) is 17.3. The Morgan fingerprint density at radius 1 is 1.21 bits per heavy atom. The fourth-order valence-electron chi connectivity index (χ4n) is 2.85. The van der Waals surface area contributed by atoms with Gasteiger partial charge in [-0.3, -0.25) is 4.79 Å². The number of ketones is 1. The Bertz CT molecular complexity index is 975. The average Bonchev–Trinajstić information content (AvgIpc) is 2.53. The summed E-state index contributed by atoms with van der Waals surface area (Å²) in [7, 11) is 0. The highest BCUT2D eigenvalue weighted by Gasteiger charge is 2.26. The van der Waals surface area contributed by atoms with Gasteiger partial charge in [-0.25, -0.2) is 4.79 Å². The number of para-hydroxylation sites is 1. The standard InChI is InChI=1S/C19H15IO4/c1-11(21)9-15(12-5-4-6-13(20)10-12)17-18(22)14-7-2-3-8-16(14)24-19(17)23/h2-8,10,15,22H,9H2,1H3.